The first kappa shape index (κ1) is 49.5. The summed E-state index contributed by atoms with van der Waals surface area (Å²) in [5, 5.41) is 44.9. The van der Waals surface area contributed by atoms with Crippen LogP contribution in [0.5, 0.6) is 0 Å². The summed E-state index contributed by atoms with van der Waals surface area (Å²) >= 11 is 38.4. The van der Waals surface area contributed by atoms with E-state index in [9.17, 15) is 20.8 Å². The van der Waals surface area contributed by atoms with E-state index in [2.05, 4.69) is 109 Å². The molecule has 0 spiro atoms. The number of hydrogen-bond donors (Lipinski definition) is 0. The van der Waals surface area contributed by atoms with Gasteiger partial charge >= 0.3 is 27.8 Å². The molecule has 18 heteroatoms. The van der Waals surface area contributed by atoms with Gasteiger partial charge in [0.15, 0.2) is 0 Å². The van der Waals surface area contributed by atoms with Crippen molar-refractivity contribution in [2.75, 3.05) is 52.4 Å². The second kappa shape index (κ2) is 26.5. The summed E-state index contributed by atoms with van der Waals surface area (Å²) in [6.45, 7) is 17.8. The maximum atomic E-state index is 11.2. The van der Waals surface area contributed by atoms with E-state index in [0.29, 0.717) is 52.4 Å². The van der Waals surface area contributed by atoms with E-state index in [0.717, 1.165) is 0 Å². The molecule has 224 valence electrons. The Balaban J connectivity index is -0.000000124. The van der Waals surface area contributed by atoms with Crippen molar-refractivity contribution in [2.45, 2.75) is 55.4 Å². The van der Waals surface area contributed by atoms with Gasteiger partial charge in [-0.15, -0.1) is 0 Å². The third-order valence-corrected chi connectivity index (χ3v) is 8.08. The van der Waals surface area contributed by atoms with Gasteiger partial charge in [0.25, 0.3) is 0 Å². The number of quaternary nitrogens is 4. The molecule has 0 saturated heterocycles. The first-order valence-corrected chi connectivity index (χ1v) is 17.7. The minimum absolute atomic E-state index is 0.111. The third-order valence-electron chi connectivity index (χ3n) is 5.42. The Morgan fingerprint density at radius 3 is 0.500 bits per heavy atom. The molecule has 0 aromatic rings. The predicted octanol–water partition coefficient (Wildman–Crippen LogP) is 5.34. The van der Waals surface area contributed by atoms with Crippen LogP contribution < -0.4 is 0 Å². The van der Waals surface area contributed by atoms with Gasteiger partial charge in [-0.3, -0.25) is 0 Å². The second-order valence-electron chi connectivity index (χ2n) is 7.15. The van der Waals surface area contributed by atoms with Gasteiger partial charge in [-0.1, -0.05) is 0 Å². The molecule has 0 aliphatic carbocycles. The van der Waals surface area contributed by atoms with Gasteiger partial charge in [0.2, 0.25) is 0 Å². The quantitative estimate of drug-likeness (QED) is 0.105. The van der Waals surface area contributed by atoms with Crippen LogP contribution in [-0.4, -0.2) is 88.2 Å². The molecule has 0 fully saturated rings. The molecule has 0 aromatic heterocycles. The Morgan fingerprint density at radius 1 is 0.421 bits per heavy atom. The van der Waals surface area contributed by atoms with E-state index in [1.54, 1.807) is 55.4 Å². The number of thiocarbonyl (C=S) groups is 4. The average Bonchev–Trinajstić information content (AvgIpc) is 2.92. The van der Waals surface area contributed by atoms with E-state index in [1.807, 2.05) is 0 Å². The first-order chi connectivity index (χ1) is 17.3. The number of hydroxylamine groups is 12. The summed E-state index contributed by atoms with van der Waals surface area (Å²) in [6, 6.07) is 0. The van der Waals surface area contributed by atoms with Gasteiger partial charge in [0, 0.05) is 17.3 Å². The van der Waals surface area contributed by atoms with Crippen molar-refractivity contribution in [1.29, 1.82) is 0 Å². The van der Waals surface area contributed by atoms with Crippen LogP contribution in [0.2, 0.25) is 0 Å². The van der Waals surface area contributed by atoms with Gasteiger partial charge < -0.3 is 139 Å². The average molecular weight is 785 g/mol. The molecule has 0 bridgehead atoms. The van der Waals surface area contributed by atoms with Crippen LogP contribution >= 0.6 is 58.7 Å². The molecule has 0 amide bonds. The van der Waals surface area contributed by atoms with Crippen LogP contribution in [0.25, 0.3) is 0 Å². The Hall–Kier alpha value is 1.83. The molecule has 0 radical (unpaired) electrons. The normalized spacial score (nSPS) is 11.0. The fraction of sp³-hybridized carbons (Fsp3) is 0.800. The summed E-state index contributed by atoms with van der Waals surface area (Å²) in [5.74, 6) is 0. The standard InChI is InChI=1S/4C5H11NOS2.Mo.S/c4*1-3-6(7,4-2)5(8)9;;/h4*3-4H2,1-2H3,(H,8,9);;/q;;;;+4;/p-4. The van der Waals surface area contributed by atoms with Crippen molar-refractivity contribution in [3.8, 4) is 0 Å². The summed E-state index contributed by atoms with van der Waals surface area (Å²) in [4.78, 5) is 0. The fourth-order valence-electron chi connectivity index (χ4n) is 1.93. The van der Waals surface area contributed by atoms with E-state index in [4.69, 9.17) is 0 Å². The van der Waals surface area contributed by atoms with Crippen molar-refractivity contribution < 1.29 is 36.6 Å². The monoisotopic (exact) mass is 786 g/mol. The van der Waals surface area contributed by atoms with Crippen LogP contribution in [-0.2, 0) is 68.5 Å². The molecular weight excluding hydrogens is 745 g/mol. The van der Waals surface area contributed by atoms with Crippen molar-refractivity contribution in [3.63, 3.8) is 0 Å². The van der Waals surface area contributed by atoms with Gasteiger partial charge in [0.1, 0.15) is 0 Å². The van der Waals surface area contributed by atoms with Crippen molar-refractivity contribution in [3.05, 3.63) is 20.8 Å². The molecule has 38 heavy (non-hydrogen) atoms. The zero-order valence-electron chi connectivity index (χ0n) is 23.2. The summed E-state index contributed by atoms with van der Waals surface area (Å²) in [5.41, 5.74) is 0. The van der Waals surface area contributed by atoms with E-state index in [-0.39, 0.29) is 17.3 Å². The Bertz CT molecular complexity index is 581. The molecule has 0 atom stereocenters. The molecule has 0 rings (SSSR count). The Morgan fingerprint density at radius 2 is 0.500 bits per heavy atom. The summed E-state index contributed by atoms with van der Waals surface area (Å²) in [7, 11) is 4.09. The predicted molar refractivity (Wildman–Crippen MR) is 186 cm³/mol. The van der Waals surface area contributed by atoms with Crippen molar-refractivity contribution in [1.82, 2.24) is 0 Å². The fourth-order valence-corrected chi connectivity index (χ4v) is 3.99. The number of nitrogens with zero attached hydrogens (tertiary/aromatic N) is 4. The second-order valence-corrected chi connectivity index (χ2v) is 11.3. The van der Waals surface area contributed by atoms with Crippen LogP contribution in [0.1, 0.15) is 55.4 Å². The molecule has 0 unspecified atom stereocenters. The van der Waals surface area contributed by atoms with Gasteiger partial charge in [-0.2, -0.15) is 0 Å². The van der Waals surface area contributed by atoms with E-state index in [1.165, 1.54) is 18.0 Å². The zero-order valence-corrected chi connectivity index (χ0v) is 32.5. The molecule has 0 N–H and O–H groups in total. The Labute approximate surface area is 288 Å². The maximum absolute atomic E-state index is 11.2. The van der Waals surface area contributed by atoms with E-state index >= 15 is 0 Å². The molecule has 0 heterocycles. The van der Waals surface area contributed by atoms with Crippen LogP contribution in [0.4, 0.5) is 0 Å². The topological polar surface area (TPSA) is 92.2 Å². The van der Waals surface area contributed by atoms with Crippen molar-refractivity contribution >= 4 is 126 Å². The first-order valence-electron chi connectivity index (χ1n) is 11.6. The molecule has 0 aromatic carbocycles. The molecule has 0 aliphatic rings. The minimum atomic E-state index is -0.509. The number of rotatable bonds is 8. The SMILES string of the molecule is CC[N+]([O-])(CC)C(=S)[S-].CC[N+]([O-])(CC)C(=S)[S-].CC[N+]([O-])(CC)C(=S)[S-].CC[N+]([O-])(CC)C(=S)[S-].[S]=[Mo+4]. The van der Waals surface area contributed by atoms with Crippen LogP contribution in [0.15, 0.2) is 0 Å². The van der Waals surface area contributed by atoms with Gasteiger partial charge in [0.05, 0.1) is 52.4 Å². The molecular formula is C20H40MoN4O4S9. The van der Waals surface area contributed by atoms with Gasteiger partial charge in [-0.05, 0) is 55.4 Å². The molecule has 0 saturated carbocycles. The zero-order chi connectivity index (χ0) is 32.0. The number of hydrogen-bond acceptors (Lipinski definition) is 13. The summed E-state index contributed by atoms with van der Waals surface area (Å²) < 4.78 is -1.59. The van der Waals surface area contributed by atoms with Crippen molar-refractivity contribution in [2.24, 2.45) is 0 Å². The van der Waals surface area contributed by atoms with Crippen LogP contribution in [0, 0.1) is 20.8 Å². The molecule has 0 aliphatic heterocycles. The van der Waals surface area contributed by atoms with Gasteiger partial charge in [-0.25, -0.2) is 0 Å². The van der Waals surface area contributed by atoms with Crippen LogP contribution in [0.3, 0.4) is 0 Å². The molecule has 8 nitrogen and oxygen atoms in total. The van der Waals surface area contributed by atoms with E-state index < -0.39 is 18.6 Å². The Kier molecular flexibility index (Phi) is 34.5. The summed E-state index contributed by atoms with van der Waals surface area (Å²) in [6.07, 6.45) is 0. The third kappa shape index (κ3) is 20.7.